The molecule has 1 amide bonds. The Morgan fingerprint density at radius 2 is 2.15 bits per heavy atom. The Kier molecular flexibility index (Phi) is 7.47. The molecule has 1 aromatic rings. The van der Waals surface area contributed by atoms with Crippen LogP contribution in [0.1, 0.15) is 31.7 Å². The molecule has 1 aliphatic rings. The van der Waals surface area contributed by atoms with Gasteiger partial charge in [0.2, 0.25) is 0 Å². The number of aliphatic carboxylic acids is 1. The number of carbonyl (C=O) groups is 2. The van der Waals surface area contributed by atoms with E-state index in [1.165, 1.54) is 16.7 Å². The van der Waals surface area contributed by atoms with Crippen molar-refractivity contribution in [1.29, 1.82) is 0 Å². The smallest absolute Gasteiger partial charge is 0.305 e. The fraction of sp³-hybridized carbons (Fsp3) is 0.389. The lowest BCUT2D eigenvalue weighted by Crippen LogP contribution is -2.30. The number of benzene rings is 1. The third-order valence-electron chi connectivity index (χ3n) is 3.66. The van der Waals surface area contributed by atoms with Gasteiger partial charge in [0.1, 0.15) is 4.32 Å². The predicted octanol–water partition coefficient (Wildman–Crippen LogP) is 3.55. The second-order valence-corrected chi connectivity index (χ2v) is 7.27. The van der Waals surface area contributed by atoms with Gasteiger partial charge in [-0.1, -0.05) is 43.4 Å². The molecule has 140 valence electrons. The first-order chi connectivity index (χ1) is 12.5. The molecule has 1 saturated heterocycles. The summed E-state index contributed by atoms with van der Waals surface area (Å²) in [6, 6.07) is 5.44. The lowest BCUT2D eigenvalue weighted by molar-refractivity contribution is -0.137. The molecule has 2 rings (SSSR count). The fourth-order valence-corrected chi connectivity index (χ4v) is 3.58. The first-order valence-corrected chi connectivity index (χ1v) is 9.46. The Bertz CT molecular complexity index is 732. The first-order valence-electron chi connectivity index (χ1n) is 8.24. The van der Waals surface area contributed by atoms with Crippen molar-refractivity contribution < 1.29 is 24.2 Å². The number of nitrogens with zero attached hydrogens (tertiary/aromatic N) is 1. The zero-order valence-corrected chi connectivity index (χ0v) is 16.3. The third-order valence-corrected chi connectivity index (χ3v) is 5.04. The lowest BCUT2D eigenvalue weighted by atomic mass is 10.2. The van der Waals surface area contributed by atoms with E-state index in [0.717, 1.165) is 18.4 Å². The van der Waals surface area contributed by atoms with Crippen molar-refractivity contribution in [2.45, 2.75) is 26.2 Å². The molecule has 8 heteroatoms. The molecule has 0 saturated carbocycles. The predicted molar refractivity (Wildman–Crippen MR) is 106 cm³/mol. The molecule has 0 radical (unpaired) electrons. The van der Waals surface area contributed by atoms with Crippen LogP contribution in [0.4, 0.5) is 0 Å². The molecule has 1 heterocycles. The number of methoxy groups -OCH3 is 1. The number of hydrogen-bond donors (Lipinski definition) is 1. The zero-order chi connectivity index (χ0) is 19.1. The summed E-state index contributed by atoms with van der Waals surface area (Å²) >= 11 is 6.36. The van der Waals surface area contributed by atoms with Crippen LogP contribution >= 0.6 is 24.0 Å². The van der Waals surface area contributed by atoms with Gasteiger partial charge < -0.3 is 14.6 Å². The molecule has 0 spiro atoms. The van der Waals surface area contributed by atoms with Gasteiger partial charge in [-0.3, -0.25) is 14.5 Å². The van der Waals surface area contributed by atoms with Gasteiger partial charge in [-0.05, 0) is 30.2 Å². The lowest BCUT2D eigenvalue weighted by Gasteiger charge is -2.12. The quantitative estimate of drug-likeness (QED) is 0.389. The minimum Gasteiger partial charge on any atom is -0.493 e. The number of hydrogen-bond acceptors (Lipinski definition) is 6. The maximum Gasteiger partial charge on any atom is 0.305 e. The van der Waals surface area contributed by atoms with Crippen LogP contribution in [-0.4, -0.2) is 46.5 Å². The maximum absolute atomic E-state index is 12.5. The van der Waals surface area contributed by atoms with Gasteiger partial charge >= 0.3 is 5.97 Å². The highest BCUT2D eigenvalue weighted by Crippen LogP contribution is 2.34. The van der Waals surface area contributed by atoms with Crippen LogP contribution in [0.25, 0.3) is 6.08 Å². The van der Waals surface area contributed by atoms with Crippen LogP contribution < -0.4 is 9.47 Å². The first kappa shape index (κ1) is 20.3. The van der Waals surface area contributed by atoms with E-state index in [1.54, 1.807) is 19.3 Å². The highest BCUT2D eigenvalue weighted by molar-refractivity contribution is 8.26. The SMILES string of the molecule is CCCCOc1cc(/C=C2\SC(=S)N(CCC(=O)O)C2=O)ccc1OC. The van der Waals surface area contributed by atoms with Gasteiger partial charge in [-0.15, -0.1) is 0 Å². The van der Waals surface area contributed by atoms with Crippen LogP contribution in [-0.2, 0) is 9.59 Å². The standard InChI is InChI=1S/C18H21NO5S2/c1-3-4-9-24-14-10-12(5-6-13(14)23-2)11-15-17(22)19(18(25)26-15)8-7-16(20)21/h5-6,10-11H,3-4,7-9H2,1-2H3,(H,20,21)/b15-11-. The number of amides is 1. The van der Waals surface area contributed by atoms with Crippen molar-refractivity contribution in [3.05, 3.63) is 28.7 Å². The third kappa shape index (κ3) is 5.22. The monoisotopic (exact) mass is 395 g/mol. The molecule has 0 unspecified atom stereocenters. The summed E-state index contributed by atoms with van der Waals surface area (Å²) in [5, 5.41) is 8.79. The summed E-state index contributed by atoms with van der Waals surface area (Å²) in [5.74, 6) is 0.0147. The second kappa shape index (κ2) is 9.59. The van der Waals surface area contributed by atoms with Gasteiger partial charge in [0.15, 0.2) is 11.5 Å². The molecule has 0 bridgehead atoms. The van der Waals surface area contributed by atoms with Crippen molar-refractivity contribution in [3.63, 3.8) is 0 Å². The van der Waals surface area contributed by atoms with Crippen molar-refractivity contribution >= 4 is 46.3 Å². The van der Waals surface area contributed by atoms with E-state index in [-0.39, 0.29) is 18.9 Å². The Labute approximate surface area is 162 Å². The number of thiocarbonyl (C=S) groups is 1. The highest BCUT2D eigenvalue weighted by Gasteiger charge is 2.32. The molecular weight excluding hydrogens is 374 g/mol. The Balaban J connectivity index is 2.18. The number of carboxylic acid groups (broad SMARTS) is 1. The second-order valence-electron chi connectivity index (χ2n) is 5.59. The average Bonchev–Trinajstić information content (AvgIpc) is 2.87. The fourth-order valence-electron chi connectivity index (χ4n) is 2.27. The van der Waals surface area contributed by atoms with Crippen LogP contribution in [0, 0.1) is 0 Å². The zero-order valence-electron chi connectivity index (χ0n) is 14.7. The van der Waals surface area contributed by atoms with Crippen LogP contribution in [0.5, 0.6) is 11.5 Å². The van der Waals surface area contributed by atoms with E-state index in [1.807, 2.05) is 12.1 Å². The van der Waals surface area contributed by atoms with Gasteiger partial charge in [0, 0.05) is 6.54 Å². The molecule has 0 atom stereocenters. The molecular formula is C18H21NO5S2. The van der Waals surface area contributed by atoms with Gasteiger partial charge in [-0.2, -0.15) is 0 Å². The van der Waals surface area contributed by atoms with E-state index >= 15 is 0 Å². The molecule has 26 heavy (non-hydrogen) atoms. The Hall–Kier alpha value is -2.06. The molecule has 1 aliphatic heterocycles. The average molecular weight is 396 g/mol. The van der Waals surface area contributed by atoms with Crippen molar-refractivity contribution in [1.82, 2.24) is 4.90 Å². The number of unbranched alkanes of at least 4 members (excludes halogenated alkanes) is 1. The number of carbonyl (C=O) groups excluding carboxylic acids is 1. The minimum atomic E-state index is -0.966. The van der Waals surface area contributed by atoms with E-state index < -0.39 is 5.97 Å². The number of thioether (sulfide) groups is 1. The van der Waals surface area contributed by atoms with Gasteiger partial charge in [0.25, 0.3) is 5.91 Å². The molecule has 0 aromatic heterocycles. The van der Waals surface area contributed by atoms with Crippen molar-refractivity contribution in [2.24, 2.45) is 0 Å². The number of rotatable bonds is 9. The van der Waals surface area contributed by atoms with Crippen molar-refractivity contribution in [2.75, 3.05) is 20.3 Å². The van der Waals surface area contributed by atoms with E-state index in [0.29, 0.717) is 27.3 Å². The number of ether oxygens (including phenoxy) is 2. The van der Waals surface area contributed by atoms with Gasteiger partial charge in [-0.25, -0.2) is 0 Å². The summed E-state index contributed by atoms with van der Waals surface area (Å²) < 4.78 is 11.4. The Morgan fingerprint density at radius 3 is 2.81 bits per heavy atom. The van der Waals surface area contributed by atoms with Crippen molar-refractivity contribution in [3.8, 4) is 11.5 Å². The van der Waals surface area contributed by atoms with Crippen LogP contribution in [0.3, 0.4) is 0 Å². The molecule has 6 nitrogen and oxygen atoms in total. The molecule has 1 N–H and O–H groups in total. The summed E-state index contributed by atoms with van der Waals surface area (Å²) in [7, 11) is 1.58. The summed E-state index contributed by atoms with van der Waals surface area (Å²) in [6.07, 6.45) is 3.56. The van der Waals surface area contributed by atoms with E-state index in [9.17, 15) is 9.59 Å². The molecule has 1 aromatic carbocycles. The van der Waals surface area contributed by atoms with Crippen LogP contribution in [0.15, 0.2) is 23.1 Å². The minimum absolute atomic E-state index is 0.0747. The summed E-state index contributed by atoms with van der Waals surface area (Å²) in [6.45, 7) is 2.75. The summed E-state index contributed by atoms with van der Waals surface area (Å²) in [5.41, 5.74) is 0.788. The maximum atomic E-state index is 12.5. The van der Waals surface area contributed by atoms with E-state index in [4.69, 9.17) is 26.8 Å². The van der Waals surface area contributed by atoms with E-state index in [2.05, 4.69) is 6.92 Å². The summed E-state index contributed by atoms with van der Waals surface area (Å²) in [4.78, 5) is 25.0. The molecule has 1 fully saturated rings. The normalized spacial score (nSPS) is 15.6. The van der Waals surface area contributed by atoms with Crippen LogP contribution in [0.2, 0.25) is 0 Å². The topological polar surface area (TPSA) is 76.1 Å². The largest absolute Gasteiger partial charge is 0.493 e. The Morgan fingerprint density at radius 1 is 1.38 bits per heavy atom. The number of carboxylic acids is 1. The van der Waals surface area contributed by atoms with Gasteiger partial charge in [0.05, 0.1) is 25.0 Å². The highest BCUT2D eigenvalue weighted by atomic mass is 32.2. The molecule has 0 aliphatic carbocycles.